The number of nitrogens with zero attached hydrogens (tertiary/aromatic N) is 1. The molecular formula is C26H29ClN2O3S. The molecule has 0 aliphatic carbocycles. The summed E-state index contributed by atoms with van der Waals surface area (Å²) in [4.78, 5) is 13.2. The van der Waals surface area contributed by atoms with Crippen molar-refractivity contribution in [1.29, 1.82) is 0 Å². The first-order valence-electron chi connectivity index (χ1n) is 10.7. The van der Waals surface area contributed by atoms with Crippen molar-refractivity contribution in [3.63, 3.8) is 0 Å². The SMILES string of the molecule is Cc1cc(C)c(S(=O)(=O)N(CC(=O)N[C@@H](C)c2ccc(Cl)cc2)Cc2ccccc2)c(C)c1. The van der Waals surface area contributed by atoms with E-state index in [4.69, 9.17) is 11.6 Å². The minimum atomic E-state index is -3.92. The highest BCUT2D eigenvalue weighted by Gasteiger charge is 2.30. The third-order valence-electron chi connectivity index (χ3n) is 5.47. The van der Waals surface area contributed by atoms with Crippen molar-refractivity contribution in [2.75, 3.05) is 6.54 Å². The lowest BCUT2D eigenvalue weighted by Gasteiger charge is -2.25. The Kier molecular flexibility index (Phi) is 7.95. The number of hydrogen-bond donors (Lipinski definition) is 1. The van der Waals surface area contributed by atoms with Crippen LogP contribution in [0.25, 0.3) is 0 Å². The molecule has 1 atom stereocenters. The van der Waals surface area contributed by atoms with Crippen LogP contribution in [0.5, 0.6) is 0 Å². The van der Waals surface area contributed by atoms with Crippen molar-refractivity contribution in [3.05, 3.63) is 99.6 Å². The molecule has 1 amide bonds. The quantitative estimate of drug-likeness (QED) is 0.469. The molecule has 0 aliphatic heterocycles. The van der Waals surface area contributed by atoms with E-state index in [-0.39, 0.29) is 29.9 Å². The van der Waals surface area contributed by atoms with E-state index >= 15 is 0 Å². The molecule has 0 saturated carbocycles. The zero-order valence-corrected chi connectivity index (χ0v) is 20.9. The van der Waals surface area contributed by atoms with Gasteiger partial charge in [0.05, 0.1) is 17.5 Å². The van der Waals surface area contributed by atoms with Crippen LogP contribution in [-0.2, 0) is 21.4 Å². The number of aryl methyl sites for hydroxylation is 3. The van der Waals surface area contributed by atoms with E-state index in [2.05, 4.69) is 5.32 Å². The molecule has 3 rings (SSSR count). The largest absolute Gasteiger partial charge is 0.348 e. The van der Waals surface area contributed by atoms with Crippen molar-refractivity contribution in [2.24, 2.45) is 0 Å². The maximum absolute atomic E-state index is 13.7. The fourth-order valence-corrected chi connectivity index (χ4v) is 5.92. The predicted molar refractivity (Wildman–Crippen MR) is 133 cm³/mol. The van der Waals surface area contributed by atoms with Gasteiger partial charge in [-0.1, -0.05) is 71.8 Å². The number of nitrogens with one attached hydrogen (secondary N) is 1. The van der Waals surface area contributed by atoms with E-state index < -0.39 is 10.0 Å². The van der Waals surface area contributed by atoms with E-state index in [0.717, 1.165) is 16.7 Å². The van der Waals surface area contributed by atoms with Crippen LogP contribution in [0, 0.1) is 20.8 Å². The van der Waals surface area contributed by atoms with Gasteiger partial charge in [-0.05, 0) is 62.1 Å². The Bertz CT molecular complexity index is 1200. The molecular weight excluding hydrogens is 456 g/mol. The molecule has 174 valence electrons. The van der Waals surface area contributed by atoms with Crippen LogP contribution in [0.1, 0.15) is 40.8 Å². The normalized spacial score (nSPS) is 12.5. The molecule has 5 nitrogen and oxygen atoms in total. The highest BCUT2D eigenvalue weighted by Crippen LogP contribution is 2.26. The lowest BCUT2D eigenvalue weighted by Crippen LogP contribution is -2.41. The summed E-state index contributed by atoms with van der Waals surface area (Å²) in [5.41, 5.74) is 4.02. The third-order valence-corrected chi connectivity index (χ3v) is 7.82. The Balaban J connectivity index is 1.90. The molecule has 0 aromatic heterocycles. The summed E-state index contributed by atoms with van der Waals surface area (Å²) in [5, 5.41) is 3.52. The number of benzene rings is 3. The number of sulfonamides is 1. The molecule has 3 aromatic carbocycles. The van der Waals surface area contributed by atoms with E-state index in [1.165, 1.54) is 4.31 Å². The Morgan fingerprint density at radius 3 is 2.12 bits per heavy atom. The monoisotopic (exact) mass is 484 g/mol. The van der Waals surface area contributed by atoms with Crippen LogP contribution in [0.3, 0.4) is 0 Å². The molecule has 33 heavy (non-hydrogen) atoms. The van der Waals surface area contributed by atoms with E-state index in [9.17, 15) is 13.2 Å². The summed E-state index contributed by atoms with van der Waals surface area (Å²) in [7, 11) is -3.92. The average molecular weight is 485 g/mol. The zero-order valence-electron chi connectivity index (χ0n) is 19.3. The van der Waals surface area contributed by atoms with Gasteiger partial charge in [0.1, 0.15) is 0 Å². The lowest BCUT2D eigenvalue weighted by molar-refractivity contribution is -0.122. The van der Waals surface area contributed by atoms with Crippen LogP contribution < -0.4 is 5.32 Å². The summed E-state index contributed by atoms with van der Waals surface area (Å²) in [6.45, 7) is 7.17. The lowest BCUT2D eigenvalue weighted by atomic mass is 10.1. The maximum Gasteiger partial charge on any atom is 0.244 e. The molecule has 0 aliphatic rings. The Morgan fingerprint density at radius 2 is 1.55 bits per heavy atom. The molecule has 0 fully saturated rings. The molecule has 7 heteroatoms. The van der Waals surface area contributed by atoms with Gasteiger partial charge in [-0.2, -0.15) is 4.31 Å². The maximum atomic E-state index is 13.7. The van der Waals surface area contributed by atoms with Crippen molar-refractivity contribution < 1.29 is 13.2 Å². The molecule has 0 heterocycles. The first-order valence-corrected chi connectivity index (χ1v) is 12.6. The second-order valence-corrected chi connectivity index (χ2v) is 10.6. The number of carbonyl (C=O) groups is 1. The van der Waals surface area contributed by atoms with Crippen molar-refractivity contribution >= 4 is 27.5 Å². The summed E-state index contributed by atoms with van der Waals surface area (Å²) >= 11 is 5.95. The standard InChI is InChI=1S/C26H29ClN2O3S/c1-18-14-19(2)26(20(3)15-18)33(31,32)29(16-22-8-6-5-7-9-22)17-25(30)28-21(4)23-10-12-24(27)13-11-23/h5-15,21H,16-17H2,1-4H3,(H,28,30)/t21-/m0/s1. The third kappa shape index (κ3) is 6.22. The van der Waals surface area contributed by atoms with Crippen molar-refractivity contribution in [1.82, 2.24) is 9.62 Å². The van der Waals surface area contributed by atoms with Crippen LogP contribution >= 0.6 is 11.6 Å². The molecule has 0 bridgehead atoms. The first kappa shape index (κ1) is 25.0. The zero-order chi connectivity index (χ0) is 24.2. The number of amides is 1. The number of carbonyl (C=O) groups excluding carboxylic acids is 1. The van der Waals surface area contributed by atoms with Gasteiger partial charge >= 0.3 is 0 Å². The fraction of sp³-hybridized carbons (Fsp3) is 0.269. The van der Waals surface area contributed by atoms with E-state index in [1.807, 2.05) is 68.4 Å². The summed E-state index contributed by atoms with van der Waals surface area (Å²) < 4.78 is 28.7. The second-order valence-electron chi connectivity index (χ2n) is 8.33. The Morgan fingerprint density at radius 1 is 0.970 bits per heavy atom. The molecule has 0 saturated heterocycles. The van der Waals surface area contributed by atoms with Crippen LogP contribution in [0.2, 0.25) is 5.02 Å². The smallest absolute Gasteiger partial charge is 0.244 e. The van der Waals surface area contributed by atoms with Crippen molar-refractivity contribution in [2.45, 2.75) is 45.2 Å². The summed E-state index contributed by atoms with van der Waals surface area (Å²) in [6, 6.07) is 19.9. The van der Waals surface area contributed by atoms with Crippen LogP contribution in [0.4, 0.5) is 0 Å². The van der Waals surface area contributed by atoms with Gasteiger partial charge in [-0.25, -0.2) is 8.42 Å². The average Bonchev–Trinajstić information content (AvgIpc) is 2.73. The number of halogens is 1. The minimum Gasteiger partial charge on any atom is -0.348 e. The van der Waals surface area contributed by atoms with Gasteiger partial charge in [0.25, 0.3) is 0 Å². The predicted octanol–water partition coefficient (Wildman–Crippen LogP) is 5.33. The fourth-order valence-electron chi connectivity index (χ4n) is 4.00. The molecule has 1 N–H and O–H groups in total. The topological polar surface area (TPSA) is 66.5 Å². The molecule has 0 spiro atoms. The van der Waals surface area contributed by atoms with Crippen molar-refractivity contribution in [3.8, 4) is 0 Å². The van der Waals surface area contributed by atoms with Gasteiger partial charge in [-0.15, -0.1) is 0 Å². The molecule has 3 aromatic rings. The molecule has 0 unspecified atom stereocenters. The first-order chi connectivity index (χ1) is 15.6. The van der Waals surface area contributed by atoms with Gasteiger partial charge in [-0.3, -0.25) is 4.79 Å². The Hall–Kier alpha value is -2.67. The number of hydrogen-bond acceptors (Lipinski definition) is 3. The van der Waals surface area contributed by atoms with E-state index in [0.29, 0.717) is 16.1 Å². The summed E-state index contributed by atoms with van der Waals surface area (Å²) in [5.74, 6) is -0.376. The van der Waals surface area contributed by atoms with Crippen LogP contribution in [0.15, 0.2) is 71.6 Å². The molecule has 0 radical (unpaired) electrons. The number of rotatable bonds is 8. The van der Waals surface area contributed by atoms with Gasteiger partial charge in [0.15, 0.2) is 0 Å². The van der Waals surface area contributed by atoms with Gasteiger partial charge in [0, 0.05) is 11.6 Å². The van der Waals surface area contributed by atoms with Crippen LogP contribution in [-0.4, -0.2) is 25.2 Å². The highest BCUT2D eigenvalue weighted by molar-refractivity contribution is 7.89. The van der Waals surface area contributed by atoms with Gasteiger partial charge in [0.2, 0.25) is 15.9 Å². The van der Waals surface area contributed by atoms with Gasteiger partial charge < -0.3 is 5.32 Å². The highest BCUT2D eigenvalue weighted by atomic mass is 35.5. The Labute approximate surface area is 201 Å². The van der Waals surface area contributed by atoms with E-state index in [1.54, 1.807) is 26.0 Å². The minimum absolute atomic E-state index is 0.0959. The second kappa shape index (κ2) is 10.5. The summed E-state index contributed by atoms with van der Waals surface area (Å²) in [6.07, 6.45) is 0.